The molecule has 7 nitrogen and oxygen atoms in total. The van der Waals surface area contributed by atoms with E-state index < -0.39 is 30.7 Å². The molecule has 0 saturated heterocycles. The fourth-order valence-electron chi connectivity index (χ4n) is 1.55. The van der Waals surface area contributed by atoms with Crippen LogP contribution in [0.1, 0.15) is 6.92 Å². The quantitative estimate of drug-likeness (QED) is 0.248. The van der Waals surface area contributed by atoms with Crippen LogP contribution in [-0.2, 0) is 4.74 Å². The maximum Gasteiger partial charge on any atom is 0.0629 e. The van der Waals surface area contributed by atoms with Crippen molar-refractivity contribution in [1.29, 1.82) is 0 Å². The van der Waals surface area contributed by atoms with Crippen LogP contribution in [0.3, 0.4) is 0 Å². The van der Waals surface area contributed by atoms with Gasteiger partial charge in [0.15, 0.2) is 0 Å². The minimum absolute atomic E-state index is 0.0521. The predicted molar refractivity (Wildman–Crippen MR) is 67.4 cm³/mol. The average molecular weight is 282 g/mol. The molecule has 1 atom stereocenters. The maximum absolute atomic E-state index is 9.38. The zero-order chi connectivity index (χ0) is 14.9. The zero-order valence-corrected chi connectivity index (χ0v) is 11.3. The summed E-state index contributed by atoms with van der Waals surface area (Å²) < 4.78 is 5.33. The number of ether oxygens (including phenoxy) is 1. The topological polar surface area (TPSA) is 131 Å². The standard InChI is InChI=1S/C12H26O7/c1-10(2-13)12(6-17,7-18)9-19-8-11(3-14,4-15)5-16/h10,13-18H,2-9H2,1H3. The van der Waals surface area contributed by atoms with Crippen molar-refractivity contribution in [2.75, 3.05) is 52.9 Å². The van der Waals surface area contributed by atoms with Gasteiger partial charge in [0.25, 0.3) is 0 Å². The highest BCUT2D eigenvalue weighted by molar-refractivity contribution is 4.84. The molecule has 0 aromatic carbocycles. The molecule has 116 valence electrons. The van der Waals surface area contributed by atoms with Crippen LogP contribution >= 0.6 is 0 Å². The highest BCUT2D eigenvalue weighted by atomic mass is 16.5. The molecule has 6 N–H and O–H groups in total. The van der Waals surface area contributed by atoms with Crippen LogP contribution in [0.2, 0.25) is 0 Å². The molecule has 0 aromatic rings. The second-order valence-electron chi connectivity index (χ2n) is 5.23. The summed E-state index contributed by atoms with van der Waals surface area (Å²) in [7, 11) is 0. The molecule has 0 fully saturated rings. The highest BCUT2D eigenvalue weighted by Crippen LogP contribution is 2.28. The fourth-order valence-corrected chi connectivity index (χ4v) is 1.55. The molecule has 0 radical (unpaired) electrons. The Labute approximate surface area is 113 Å². The van der Waals surface area contributed by atoms with Crippen molar-refractivity contribution >= 4 is 0 Å². The molecule has 0 spiro atoms. The third kappa shape index (κ3) is 4.64. The van der Waals surface area contributed by atoms with Gasteiger partial charge >= 0.3 is 0 Å². The molecule has 0 bridgehead atoms. The summed E-state index contributed by atoms with van der Waals surface area (Å²) in [4.78, 5) is 0. The minimum Gasteiger partial charge on any atom is -0.396 e. The maximum atomic E-state index is 9.38. The van der Waals surface area contributed by atoms with Gasteiger partial charge in [-0.1, -0.05) is 6.92 Å². The van der Waals surface area contributed by atoms with E-state index in [4.69, 9.17) is 25.2 Å². The molecular formula is C12H26O7. The van der Waals surface area contributed by atoms with E-state index in [2.05, 4.69) is 0 Å². The second-order valence-corrected chi connectivity index (χ2v) is 5.23. The van der Waals surface area contributed by atoms with E-state index in [0.717, 1.165) is 0 Å². The minimum atomic E-state index is -1.15. The van der Waals surface area contributed by atoms with Crippen molar-refractivity contribution in [3.63, 3.8) is 0 Å². The van der Waals surface area contributed by atoms with E-state index in [0.29, 0.717) is 0 Å². The van der Waals surface area contributed by atoms with Crippen molar-refractivity contribution in [2.45, 2.75) is 6.92 Å². The van der Waals surface area contributed by atoms with Crippen LogP contribution < -0.4 is 0 Å². The molecule has 7 heteroatoms. The van der Waals surface area contributed by atoms with Crippen LogP contribution in [-0.4, -0.2) is 83.5 Å². The molecule has 0 rings (SSSR count). The Kier molecular flexibility index (Phi) is 8.67. The van der Waals surface area contributed by atoms with Gasteiger partial charge in [0.1, 0.15) is 0 Å². The van der Waals surface area contributed by atoms with Gasteiger partial charge in [0.2, 0.25) is 0 Å². The average Bonchev–Trinajstić information content (AvgIpc) is 2.48. The van der Waals surface area contributed by atoms with Crippen molar-refractivity contribution in [3.05, 3.63) is 0 Å². The molecule has 0 aromatic heterocycles. The second kappa shape index (κ2) is 8.80. The molecule has 0 aliphatic heterocycles. The Morgan fingerprint density at radius 3 is 1.58 bits per heavy atom. The molecule has 0 aliphatic carbocycles. The first-order valence-electron chi connectivity index (χ1n) is 6.22. The fraction of sp³-hybridized carbons (Fsp3) is 1.00. The summed E-state index contributed by atoms with van der Waals surface area (Å²) in [5.74, 6) is -0.380. The van der Waals surface area contributed by atoms with E-state index in [-0.39, 0.29) is 39.0 Å². The third-order valence-electron chi connectivity index (χ3n) is 3.75. The Morgan fingerprint density at radius 2 is 1.26 bits per heavy atom. The molecule has 19 heavy (non-hydrogen) atoms. The Bertz CT molecular complexity index is 218. The van der Waals surface area contributed by atoms with E-state index >= 15 is 0 Å². The van der Waals surface area contributed by atoms with Crippen molar-refractivity contribution in [3.8, 4) is 0 Å². The summed E-state index contributed by atoms with van der Waals surface area (Å²) in [6.07, 6.45) is 0. The normalized spacial score (nSPS) is 14.7. The van der Waals surface area contributed by atoms with Crippen molar-refractivity contribution < 1.29 is 35.4 Å². The van der Waals surface area contributed by atoms with Crippen LogP contribution in [0.4, 0.5) is 0 Å². The number of hydrogen-bond acceptors (Lipinski definition) is 7. The molecule has 0 saturated carbocycles. The SMILES string of the molecule is CC(CO)C(CO)(CO)COCC(CO)(CO)CO. The van der Waals surface area contributed by atoms with Gasteiger partial charge in [-0.05, 0) is 5.92 Å². The first kappa shape index (κ1) is 18.7. The molecule has 0 heterocycles. The van der Waals surface area contributed by atoms with Crippen LogP contribution in [0.25, 0.3) is 0 Å². The molecule has 1 unspecified atom stereocenters. The highest BCUT2D eigenvalue weighted by Gasteiger charge is 2.37. The van der Waals surface area contributed by atoms with E-state index in [1.807, 2.05) is 0 Å². The predicted octanol–water partition coefficient (Wildman–Crippen LogP) is -2.43. The van der Waals surface area contributed by atoms with Gasteiger partial charge < -0.3 is 35.4 Å². The lowest BCUT2D eigenvalue weighted by molar-refractivity contribution is -0.110. The number of hydrogen-bond donors (Lipinski definition) is 6. The Balaban J connectivity index is 4.57. The summed E-state index contributed by atoms with van der Waals surface area (Å²) in [6.45, 7) is -0.768. The van der Waals surface area contributed by atoms with Crippen LogP contribution in [0.15, 0.2) is 0 Å². The molecular weight excluding hydrogens is 256 g/mol. The van der Waals surface area contributed by atoms with Gasteiger partial charge in [-0.3, -0.25) is 0 Å². The number of rotatable bonds is 11. The van der Waals surface area contributed by atoms with Crippen LogP contribution in [0.5, 0.6) is 0 Å². The first-order valence-corrected chi connectivity index (χ1v) is 6.22. The monoisotopic (exact) mass is 282 g/mol. The summed E-state index contributed by atoms with van der Waals surface area (Å²) in [5.41, 5.74) is -2.15. The van der Waals surface area contributed by atoms with E-state index in [9.17, 15) is 10.2 Å². The third-order valence-corrected chi connectivity index (χ3v) is 3.75. The van der Waals surface area contributed by atoms with Gasteiger partial charge in [0.05, 0.1) is 51.7 Å². The lowest BCUT2D eigenvalue weighted by Crippen LogP contribution is -2.45. The first-order chi connectivity index (χ1) is 8.99. The van der Waals surface area contributed by atoms with Gasteiger partial charge in [-0.2, -0.15) is 0 Å². The Hall–Kier alpha value is -0.280. The molecule has 0 amide bonds. The van der Waals surface area contributed by atoms with Crippen molar-refractivity contribution in [2.24, 2.45) is 16.7 Å². The molecule has 0 aliphatic rings. The zero-order valence-electron chi connectivity index (χ0n) is 11.3. The van der Waals surface area contributed by atoms with Gasteiger partial charge in [-0.15, -0.1) is 0 Å². The lowest BCUT2D eigenvalue weighted by Gasteiger charge is -2.36. The summed E-state index contributed by atoms with van der Waals surface area (Å²) in [6, 6.07) is 0. The summed E-state index contributed by atoms with van der Waals surface area (Å²) >= 11 is 0. The smallest absolute Gasteiger partial charge is 0.0629 e. The van der Waals surface area contributed by atoms with E-state index in [1.54, 1.807) is 6.92 Å². The van der Waals surface area contributed by atoms with E-state index in [1.165, 1.54) is 0 Å². The van der Waals surface area contributed by atoms with Gasteiger partial charge in [0, 0.05) is 12.0 Å². The number of aliphatic hydroxyl groups is 6. The lowest BCUT2D eigenvalue weighted by atomic mass is 9.78. The number of aliphatic hydroxyl groups excluding tert-OH is 6. The summed E-state index contributed by atoms with van der Waals surface area (Å²) in [5, 5.41) is 55.3. The largest absolute Gasteiger partial charge is 0.396 e. The van der Waals surface area contributed by atoms with Crippen molar-refractivity contribution in [1.82, 2.24) is 0 Å². The van der Waals surface area contributed by atoms with Gasteiger partial charge in [-0.25, -0.2) is 0 Å². The van der Waals surface area contributed by atoms with Crippen LogP contribution in [0, 0.1) is 16.7 Å². The Morgan fingerprint density at radius 1 is 0.789 bits per heavy atom.